The molecule has 0 aliphatic rings. The van der Waals surface area contributed by atoms with Gasteiger partial charge in [0.2, 0.25) is 0 Å². The number of rotatable bonds is 3. The standard InChI is InChI=1S/C15H13Br2ClO/c1-15(19,9-10-4-2-3-5-13(10)17)12-7-6-11(16)8-14(12)18/h2-8,19H,9H2,1H3. The molecule has 2 aromatic rings. The molecule has 0 fully saturated rings. The molecule has 0 aliphatic heterocycles. The van der Waals surface area contributed by atoms with Crippen molar-refractivity contribution in [3.8, 4) is 0 Å². The Balaban J connectivity index is 2.35. The van der Waals surface area contributed by atoms with Gasteiger partial charge in [-0.25, -0.2) is 0 Å². The highest BCUT2D eigenvalue weighted by Gasteiger charge is 2.26. The predicted octanol–water partition coefficient (Wildman–Crippen LogP) is 5.32. The van der Waals surface area contributed by atoms with Crippen molar-refractivity contribution in [2.45, 2.75) is 18.9 Å². The van der Waals surface area contributed by atoms with Gasteiger partial charge in [-0.1, -0.05) is 67.7 Å². The summed E-state index contributed by atoms with van der Waals surface area (Å²) in [5.74, 6) is 0. The van der Waals surface area contributed by atoms with Crippen molar-refractivity contribution in [2.24, 2.45) is 0 Å². The summed E-state index contributed by atoms with van der Waals surface area (Å²) < 4.78 is 1.89. The molecule has 1 unspecified atom stereocenters. The summed E-state index contributed by atoms with van der Waals surface area (Å²) in [6, 6.07) is 13.4. The van der Waals surface area contributed by atoms with Gasteiger partial charge < -0.3 is 5.11 Å². The van der Waals surface area contributed by atoms with E-state index in [0.29, 0.717) is 11.4 Å². The van der Waals surface area contributed by atoms with Gasteiger partial charge in [-0.2, -0.15) is 0 Å². The van der Waals surface area contributed by atoms with Crippen molar-refractivity contribution in [3.63, 3.8) is 0 Å². The third-order valence-electron chi connectivity index (χ3n) is 3.00. The Hall–Kier alpha value is -0.350. The van der Waals surface area contributed by atoms with Gasteiger partial charge in [0.1, 0.15) is 0 Å². The fourth-order valence-electron chi connectivity index (χ4n) is 2.03. The van der Waals surface area contributed by atoms with Crippen molar-refractivity contribution in [1.82, 2.24) is 0 Å². The molecule has 1 nitrogen and oxygen atoms in total. The SMILES string of the molecule is CC(O)(Cc1ccccc1Br)c1ccc(Br)cc1Cl. The summed E-state index contributed by atoms with van der Waals surface area (Å²) in [4.78, 5) is 0. The zero-order valence-electron chi connectivity index (χ0n) is 10.3. The minimum Gasteiger partial charge on any atom is -0.385 e. The van der Waals surface area contributed by atoms with Crippen molar-refractivity contribution < 1.29 is 5.11 Å². The highest BCUT2D eigenvalue weighted by atomic mass is 79.9. The summed E-state index contributed by atoms with van der Waals surface area (Å²) in [5.41, 5.74) is 0.765. The molecule has 2 aromatic carbocycles. The van der Waals surface area contributed by atoms with Crippen LogP contribution in [0.2, 0.25) is 5.02 Å². The molecule has 1 N–H and O–H groups in total. The molecule has 0 saturated carbocycles. The maximum atomic E-state index is 10.7. The molecule has 2 rings (SSSR count). The summed E-state index contributed by atoms with van der Waals surface area (Å²) in [5, 5.41) is 11.3. The van der Waals surface area contributed by atoms with E-state index in [4.69, 9.17) is 11.6 Å². The van der Waals surface area contributed by atoms with Crippen LogP contribution in [0.3, 0.4) is 0 Å². The normalized spacial score (nSPS) is 14.2. The van der Waals surface area contributed by atoms with Crippen LogP contribution < -0.4 is 0 Å². The molecule has 100 valence electrons. The lowest BCUT2D eigenvalue weighted by atomic mass is 9.89. The predicted molar refractivity (Wildman–Crippen MR) is 86.6 cm³/mol. The average molecular weight is 405 g/mol. The first-order chi connectivity index (χ1) is 8.90. The maximum absolute atomic E-state index is 10.7. The second-order valence-electron chi connectivity index (χ2n) is 4.67. The summed E-state index contributed by atoms with van der Waals surface area (Å²) >= 11 is 13.1. The van der Waals surface area contributed by atoms with E-state index >= 15 is 0 Å². The fourth-order valence-corrected chi connectivity index (χ4v) is 3.34. The van der Waals surface area contributed by atoms with Crippen LogP contribution in [-0.2, 0) is 12.0 Å². The molecule has 19 heavy (non-hydrogen) atoms. The van der Waals surface area contributed by atoms with Gasteiger partial charge in [-0.15, -0.1) is 0 Å². The van der Waals surface area contributed by atoms with Crippen molar-refractivity contribution in [3.05, 3.63) is 67.6 Å². The van der Waals surface area contributed by atoms with Gasteiger partial charge in [-0.05, 0) is 30.7 Å². The van der Waals surface area contributed by atoms with Crippen molar-refractivity contribution in [2.75, 3.05) is 0 Å². The average Bonchev–Trinajstić information content (AvgIpc) is 2.31. The van der Waals surface area contributed by atoms with Crippen LogP contribution in [0.4, 0.5) is 0 Å². The summed E-state index contributed by atoms with van der Waals surface area (Å²) in [6.45, 7) is 1.78. The van der Waals surface area contributed by atoms with Crippen LogP contribution in [0.1, 0.15) is 18.1 Å². The van der Waals surface area contributed by atoms with Gasteiger partial charge in [-0.3, -0.25) is 0 Å². The second kappa shape index (κ2) is 5.96. The summed E-state index contributed by atoms with van der Waals surface area (Å²) in [7, 11) is 0. The lowest BCUT2D eigenvalue weighted by molar-refractivity contribution is 0.0575. The number of hydrogen-bond acceptors (Lipinski definition) is 1. The lowest BCUT2D eigenvalue weighted by Crippen LogP contribution is -2.25. The van der Waals surface area contributed by atoms with Crippen LogP contribution >= 0.6 is 43.5 Å². The van der Waals surface area contributed by atoms with E-state index in [2.05, 4.69) is 31.9 Å². The zero-order valence-corrected chi connectivity index (χ0v) is 14.3. The van der Waals surface area contributed by atoms with E-state index < -0.39 is 5.60 Å². The largest absolute Gasteiger partial charge is 0.385 e. The van der Waals surface area contributed by atoms with E-state index in [1.807, 2.05) is 36.4 Å². The fraction of sp³-hybridized carbons (Fsp3) is 0.200. The Bertz CT molecular complexity index is 596. The molecule has 0 bridgehead atoms. The number of benzene rings is 2. The maximum Gasteiger partial charge on any atom is 0.0923 e. The van der Waals surface area contributed by atoms with Crippen LogP contribution in [0.25, 0.3) is 0 Å². The van der Waals surface area contributed by atoms with Gasteiger partial charge in [0.15, 0.2) is 0 Å². The zero-order chi connectivity index (χ0) is 14.0. The Morgan fingerprint density at radius 2 is 1.84 bits per heavy atom. The molecule has 0 saturated heterocycles. The van der Waals surface area contributed by atoms with Gasteiger partial charge >= 0.3 is 0 Å². The first kappa shape index (κ1) is 15.0. The molecule has 0 aliphatic carbocycles. The van der Waals surface area contributed by atoms with Crippen LogP contribution in [-0.4, -0.2) is 5.11 Å². The monoisotopic (exact) mass is 402 g/mol. The number of halogens is 3. The van der Waals surface area contributed by atoms with Crippen LogP contribution in [0, 0.1) is 0 Å². The number of aliphatic hydroxyl groups is 1. The van der Waals surface area contributed by atoms with Crippen molar-refractivity contribution >= 4 is 43.5 Å². The van der Waals surface area contributed by atoms with E-state index in [0.717, 1.165) is 20.1 Å². The van der Waals surface area contributed by atoms with E-state index in [1.165, 1.54) is 0 Å². The molecule has 1 atom stereocenters. The van der Waals surface area contributed by atoms with Crippen molar-refractivity contribution in [1.29, 1.82) is 0 Å². The molecule has 0 amide bonds. The smallest absolute Gasteiger partial charge is 0.0923 e. The van der Waals surface area contributed by atoms with Gasteiger partial charge in [0, 0.05) is 26.0 Å². The van der Waals surface area contributed by atoms with Crippen LogP contribution in [0.15, 0.2) is 51.4 Å². The topological polar surface area (TPSA) is 20.2 Å². The van der Waals surface area contributed by atoms with Gasteiger partial charge in [0.05, 0.1) is 5.60 Å². The third kappa shape index (κ3) is 3.60. The molecular formula is C15H13Br2ClO. The number of hydrogen-bond donors (Lipinski definition) is 1. The Morgan fingerprint density at radius 3 is 2.47 bits per heavy atom. The Labute approximate surface area is 134 Å². The first-order valence-corrected chi connectivity index (χ1v) is 7.78. The van der Waals surface area contributed by atoms with E-state index in [1.54, 1.807) is 13.0 Å². The van der Waals surface area contributed by atoms with E-state index in [9.17, 15) is 5.11 Å². The molecule has 0 radical (unpaired) electrons. The third-order valence-corrected chi connectivity index (χ3v) is 4.58. The quantitative estimate of drug-likeness (QED) is 0.735. The molecular weight excluding hydrogens is 391 g/mol. The highest BCUT2D eigenvalue weighted by Crippen LogP contribution is 2.34. The minimum absolute atomic E-state index is 0.496. The minimum atomic E-state index is -1.01. The molecule has 0 heterocycles. The molecule has 4 heteroatoms. The Morgan fingerprint density at radius 1 is 1.16 bits per heavy atom. The van der Waals surface area contributed by atoms with Crippen LogP contribution in [0.5, 0.6) is 0 Å². The van der Waals surface area contributed by atoms with Gasteiger partial charge in [0.25, 0.3) is 0 Å². The lowest BCUT2D eigenvalue weighted by Gasteiger charge is -2.25. The second-order valence-corrected chi connectivity index (χ2v) is 6.84. The molecule has 0 spiro atoms. The highest BCUT2D eigenvalue weighted by molar-refractivity contribution is 9.10. The first-order valence-electron chi connectivity index (χ1n) is 5.81. The summed E-state index contributed by atoms with van der Waals surface area (Å²) in [6.07, 6.45) is 0.496. The Kier molecular flexibility index (Phi) is 4.72. The molecule has 0 aromatic heterocycles. The van der Waals surface area contributed by atoms with E-state index in [-0.39, 0.29) is 0 Å².